The molecule has 5 saturated carbocycles. The lowest BCUT2D eigenvalue weighted by Gasteiger charge is -2.30. The second-order valence-corrected chi connectivity index (χ2v) is 7.05. The lowest BCUT2D eigenvalue weighted by molar-refractivity contribution is -0.144. The number of rotatable bonds is 0. The third kappa shape index (κ3) is 0.476. The van der Waals surface area contributed by atoms with Crippen molar-refractivity contribution in [1.29, 1.82) is 0 Å². The molecule has 2 nitrogen and oxygen atoms in total. The molecule has 0 unspecified atom stereocenters. The first kappa shape index (κ1) is 8.43. The van der Waals surface area contributed by atoms with Crippen LogP contribution >= 0.6 is 0 Å². The van der Waals surface area contributed by atoms with E-state index in [0.29, 0.717) is 11.6 Å². The monoisotopic (exact) mass is 216 g/mol. The van der Waals surface area contributed by atoms with E-state index in [0.717, 1.165) is 51.4 Å². The summed E-state index contributed by atoms with van der Waals surface area (Å²) in [4.78, 5) is 25.6. The van der Waals surface area contributed by atoms with Gasteiger partial charge < -0.3 is 0 Å². The van der Waals surface area contributed by atoms with Crippen LogP contribution < -0.4 is 0 Å². The number of carbonyl (C=O) groups is 2. The molecular formula is C14H16O2. The molecule has 5 fully saturated rings. The molecular weight excluding hydrogens is 200 g/mol. The summed E-state index contributed by atoms with van der Waals surface area (Å²) in [6.07, 6.45) is 8.19. The molecule has 0 saturated heterocycles. The zero-order chi connectivity index (χ0) is 10.8. The molecule has 0 bridgehead atoms. The zero-order valence-electron chi connectivity index (χ0n) is 9.47. The Morgan fingerprint density at radius 1 is 0.625 bits per heavy atom. The van der Waals surface area contributed by atoms with Crippen molar-refractivity contribution in [1.82, 2.24) is 0 Å². The Kier molecular flexibility index (Phi) is 0.965. The summed E-state index contributed by atoms with van der Waals surface area (Å²) < 4.78 is 0. The van der Waals surface area contributed by atoms with Crippen molar-refractivity contribution >= 4 is 11.6 Å². The number of Topliss-reactive ketones (excluding diaryl/α,β-unsaturated/α-hetero) is 2. The summed E-state index contributed by atoms with van der Waals surface area (Å²) in [7, 11) is 0. The normalized spacial score (nSPS) is 64.8. The third-order valence-electron chi connectivity index (χ3n) is 6.94. The predicted molar refractivity (Wildman–Crippen MR) is 56.7 cm³/mol. The van der Waals surface area contributed by atoms with E-state index in [2.05, 4.69) is 0 Å². The van der Waals surface area contributed by atoms with Gasteiger partial charge in [-0.1, -0.05) is 12.8 Å². The lowest BCUT2D eigenvalue weighted by atomic mass is 9.69. The average molecular weight is 216 g/mol. The van der Waals surface area contributed by atoms with Crippen LogP contribution in [0.4, 0.5) is 0 Å². The average Bonchev–Trinajstić information content (AvgIpc) is 3.05. The fraction of sp³-hybridized carbons (Fsp3) is 0.857. The van der Waals surface area contributed by atoms with Gasteiger partial charge in [-0.05, 0) is 38.5 Å². The van der Waals surface area contributed by atoms with Crippen LogP contribution in [0.3, 0.4) is 0 Å². The summed E-state index contributed by atoms with van der Waals surface area (Å²) in [5.74, 6) is 1.07. The van der Waals surface area contributed by atoms with Gasteiger partial charge in [0.2, 0.25) is 0 Å². The Hall–Kier alpha value is -0.660. The van der Waals surface area contributed by atoms with Crippen molar-refractivity contribution in [3.63, 3.8) is 0 Å². The van der Waals surface area contributed by atoms with Gasteiger partial charge >= 0.3 is 0 Å². The first-order chi connectivity index (χ1) is 7.64. The maximum atomic E-state index is 12.8. The molecule has 2 heteroatoms. The van der Waals surface area contributed by atoms with Crippen LogP contribution in [0, 0.1) is 21.7 Å². The van der Waals surface area contributed by atoms with Gasteiger partial charge in [0.1, 0.15) is 11.6 Å². The highest BCUT2D eigenvalue weighted by Gasteiger charge is 2.93. The quantitative estimate of drug-likeness (QED) is 0.622. The van der Waals surface area contributed by atoms with E-state index in [1.54, 1.807) is 0 Å². The predicted octanol–water partition coefficient (Wildman–Crippen LogP) is 2.26. The molecule has 0 N–H and O–H groups in total. The summed E-state index contributed by atoms with van der Waals surface area (Å²) in [5, 5.41) is 0. The summed E-state index contributed by atoms with van der Waals surface area (Å²) >= 11 is 0. The van der Waals surface area contributed by atoms with E-state index in [9.17, 15) is 9.59 Å². The fourth-order valence-corrected chi connectivity index (χ4v) is 6.20. The SMILES string of the molecule is O=C1[C@@]23CCC[C@]2(C3)C(=O)[C@]23CCC[C@]12C3. The number of hydrogen-bond donors (Lipinski definition) is 0. The highest BCUT2D eigenvalue weighted by atomic mass is 16.2. The van der Waals surface area contributed by atoms with Crippen molar-refractivity contribution in [3.8, 4) is 0 Å². The Bertz CT molecular complexity index is 401. The highest BCUT2D eigenvalue weighted by Crippen LogP contribution is 2.90. The van der Waals surface area contributed by atoms with Crippen molar-refractivity contribution in [2.75, 3.05) is 0 Å². The van der Waals surface area contributed by atoms with Gasteiger partial charge in [0, 0.05) is 21.7 Å². The van der Waals surface area contributed by atoms with Gasteiger partial charge in [0.05, 0.1) is 0 Å². The number of carbonyl (C=O) groups excluding carboxylic acids is 2. The third-order valence-corrected chi connectivity index (χ3v) is 6.94. The van der Waals surface area contributed by atoms with E-state index in [4.69, 9.17) is 0 Å². The molecule has 4 atom stereocenters. The Labute approximate surface area is 94.8 Å². The smallest absolute Gasteiger partial charge is 0.147 e. The molecule has 0 heterocycles. The van der Waals surface area contributed by atoms with Crippen molar-refractivity contribution in [2.45, 2.75) is 51.4 Å². The molecule has 0 spiro atoms. The fourth-order valence-electron chi connectivity index (χ4n) is 6.20. The molecule has 0 aromatic heterocycles. The standard InChI is InChI=1S/C14H16O2/c15-9-11-3-1-4-12(11,7-11)10(16)14-6-2-5-13(9,14)8-14/h1-8H2/t11-,12-,13-,14+/m0/s1. The first-order valence-electron chi connectivity index (χ1n) is 6.74. The van der Waals surface area contributed by atoms with Gasteiger partial charge in [-0.2, -0.15) is 0 Å². The summed E-state index contributed by atoms with van der Waals surface area (Å²) in [6, 6.07) is 0. The number of ketones is 2. The van der Waals surface area contributed by atoms with Crippen molar-refractivity contribution in [3.05, 3.63) is 0 Å². The maximum absolute atomic E-state index is 12.8. The van der Waals surface area contributed by atoms with Crippen LogP contribution in [0.25, 0.3) is 0 Å². The van der Waals surface area contributed by atoms with E-state index >= 15 is 0 Å². The molecule has 5 aliphatic rings. The van der Waals surface area contributed by atoms with Crippen LogP contribution in [0.2, 0.25) is 0 Å². The Morgan fingerprint density at radius 3 is 1.25 bits per heavy atom. The van der Waals surface area contributed by atoms with Crippen LogP contribution in [0.1, 0.15) is 51.4 Å². The molecule has 0 aromatic carbocycles. The molecule has 16 heavy (non-hydrogen) atoms. The zero-order valence-corrected chi connectivity index (χ0v) is 9.47. The molecule has 0 aromatic rings. The second-order valence-electron chi connectivity index (χ2n) is 7.05. The van der Waals surface area contributed by atoms with Crippen molar-refractivity contribution < 1.29 is 9.59 Å². The van der Waals surface area contributed by atoms with E-state index in [1.807, 2.05) is 0 Å². The largest absolute Gasteiger partial charge is 0.298 e. The van der Waals surface area contributed by atoms with E-state index in [1.165, 1.54) is 0 Å². The van der Waals surface area contributed by atoms with Gasteiger partial charge in [-0.25, -0.2) is 0 Å². The minimum Gasteiger partial charge on any atom is -0.298 e. The van der Waals surface area contributed by atoms with Crippen molar-refractivity contribution in [2.24, 2.45) is 21.7 Å². The van der Waals surface area contributed by atoms with Gasteiger partial charge in [-0.3, -0.25) is 9.59 Å². The highest BCUT2D eigenvalue weighted by molar-refractivity contribution is 6.17. The van der Waals surface area contributed by atoms with Crippen LogP contribution in [0.5, 0.6) is 0 Å². The number of hydrogen-bond acceptors (Lipinski definition) is 2. The van der Waals surface area contributed by atoms with Gasteiger partial charge in [0.25, 0.3) is 0 Å². The Balaban J connectivity index is 1.78. The topological polar surface area (TPSA) is 34.1 Å². The molecule has 5 aliphatic carbocycles. The second kappa shape index (κ2) is 1.83. The molecule has 0 radical (unpaired) electrons. The summed E-state index contributed by atoms with van der Waals surface area (Å²) in [5.41, 5.74) is -0.522. The van der Waals surface area contributed by atoms with E-state index in [-0.39, 0.29) is 21.7 Å². The van der Waals surface area contributed by atoms with Gasteiger partial charge in [0.15, 0.2) is 0 Å². The minimum absolute atomic E-state index is 0.131. The maximum Gasteiger partial charge on any atom is 0.147 e. The molecule has 0 amide bonds. The van der Waals surface area contributed by atoms with Crippen LogP contribution in [0.15, 0.2) is 0 Å². The van der Waals surface area contributed by atoms with Gasteiger partial charge in [-0.15, -0.1) is 0 Å². The first-order valence-corrected chi connectivity index (χ1v) is 6.74. The van der Waals surface area contributed by atoms with Crippen LogP contribution in [-0.2, 0) is 9.59 Å². The molecule has 0 aliphatic heterocycles. The molecule has 84 valence electrons. The van der Waals surface area contributed by atoms with Crippen LogP contribution in [-0.4, -0.2) is 11.6 Å². The molecule has 5 rings (SSSR count). The van der Waals surface area contributed by atoms with E-state index < -0.39 is 0 Å². The summed E-state index contributed by atoms with van der Waals surface area (Å²) in [6.45, 7) is 0. The Morgan fingerprint density at radius 2 is 0.938 bits per heavy atom. The minimum atomic E-state index is -0.131. The lowest BCUT2D eigenvalue weighted by Crippen LogP contribution is -2.42.